The van der Waals surface area contributed by atoms with Crippen LogP contribution in [0.2, 0.25) is 0 Å². The van der Waals surface area contributed by atoms with Crippen LogP contribution in [0.3, 0.4) is 0 Å². The number of carboxylic acids is 1. The molecule has 0 spiro atoms. The number of hydrogen-bond donors (Lipinski definition) is 3. The second kappa shape index (κ2) is 5.59. The van der Waals surface area contributed by atoms with Gasteiger partial charge in [0, 0.05) is 0 Å². The molecule has 3 N–H and O–H groups in total. The highest BCUT2D eigenvalue weighted by Gasteiger charge is 2.29. The summed E-state index contributed by atoms with van der Waals surface area (Å²) in [6.45, 7) is 1.08. The lowest BCUT2D eigenvalue weighted by atomic mass is 10.2. The number of benzene rings is 1. The van der Waals surface area contributed by atoms with Gasteiger partial charge in [0.05, 0.1) is 11.0 Å². The van der Waals surface area contributed by atoms with Crippen molar-refractivity contribution in [1.29, 1.82) is 0 Å². The van der Waals surface area contributed by atoms with Gasteiger partial charge >= 0.3 is 5.97 Å². The van der Waals surface area contributed by atoms with Crippen LogP contribution < -0.4 is 4.72 Å². The van der Waals surface area contributed by atoms with E-state index in [4.69, 9.17) is 10.2 Å². The number of nitrogens with one attached hydrogen (secondary N) is 1. The second-order valence-corrected chi connectivity index (χ2v) is 5.47. The fraction of sp³-hybridized carbons (Fsp3) is 0.300. The normalized spacial score (nSPS) is 14.9. The Morgan fingerprint density at radius 3 is 2.32 bits per heavy atom. The zero-order chi connectivity index (χ0) is 14.8. The van der Waals surface area contributed by atoms with E-state index in [-0.39, 0.29) is 0 Å². The molecule has 0 heterocycles. The number of halogens is 2. The van der Waals surface area contributed by atoms with Gasteiger partial charge in [0.25, 0.3) is 0 Å². The maximum absolute atomic E-state index is 12.9. The summed E-state index contributed by atoms with van der Waals surface area (Å²) in [6, 6.07) is 0.000596. The van der Waals surface area contributed by atoms with Gasteiger partial charge in [0.2, 0.25) is 10.0 Å². The lowest BCUT2D eigenvalue weighted by Gasteiger charge is -2.17. The van der Waals surface area contributed by atoms with Crippen molar-refractivity contribution in [1.82, 2.24) is 4.72 Å². The van der Waals surface area contributed by atoms with Crippen LogP contribution in [-0.4, -0.2) is 36.7 Å². The summed E-state index contributed by atoms with van der Waals surface area (Å²) in [4.78, 5) is 10.1. The number of aliphatic hydroxyl groups is 1. The molecule has 0 aliphatic rings. The molecule has 1 rings (SSSR count). The average molecular weight is 295 g/mol. The quantitative estimate of drug-likeness (QED) is 0.713. The highest BCUT2D eigenvalue weighted by atomic mass is 32.2. The van der Waals surface area contributed by atoms with Crippen molar-refractivity contribution in [3.8, 4) is 0 Å². The predicted molar refractivity (Wildman–Crippen MR) is 59.8 cm³/mol. The third-order valence-corrected chi connectivity index (χ3v) is 3.67. The van der Waals surface area contributed by atoms with E-state index >= 15 is 0 Å². The van der Waals surface area contributed by atoms with E-state index in [9.17, 15) is 22.0 Å². The summed E-state index contributed by atoms with van der Waals surface area (Å²) < 4.78 is 50.8. The van der Waals surface area contributed by atoms with Crippen LogP contribution in [0.4, 0.5) is 8.78 Å². The molecular formula is C10H11F2NO5S. The molecule has 0 bridgehead atoms. The Morgan fingerprint density at radius 2 is 1.89 bits per heavy atom. The minimum Gasteiger partial charge on any atom is -0.480 e. The lowest BCUT2D eigenvalue weighted by Crippen LogP contribution is -2.47. The molecule has 9 heteroatoms. The number of sulfonamides is 1. The number of aliphatic hydroxyl groups excluding tert-OH is 1. The van der Waals surface area contributed by atoms with Crippen LogP contribution in [0.5, 0.6) is 0 Å². The number of carbonyl (C=O) groups is 1. The van der Waals surface area contributed by atoms with E-state index in [2.05, 4.69) is 0 Å². The summed E-state index contributed by atoms with van der Waals surface area (Å²) >= 11 is 0. The molecule has 0 fully saturated rings. The third-order valence-electron chi connectivity index (χ3n) is 2.23. The summed E-state index contributed by atoms with van der Waals surface area (Å²) in [5.41, 5.74) is 0. The maximum Gasteiger partial charge on any atom is 0.324 e. The monoisotopic (exact) mass is 295 g/mol. The molecule has 1 aromatic rings. The van der Waals surface area contributed by atoms with Gasteiger partial charge in [0.1, 0.15) is 6.04 Å². The number of rotatable bonds is 5. The number of carboxylic acid groups (broad SMARTS) is 1. The summed E-state index contributed by atoms with van der Waals surface area (Å²) in [5.74, 6) is -4.21. The van der Waals surface area contributed by atoms with E-state index in [0.29, 0.717) is 12.1 Å². The smallest absolute Gasteiger partial charge is 0.324 e. The Labute approximate surface area is 107 Å². The second-order valence-electron chi connectivity index (χ2n) is 3.75. The van der Waals surface area contributed by atoms with Crippen molar-refractivity contribution in [2.75, 3.05) is 0 Å². The standard InChI is InChI=1S/C10H11F2NO5S/c1-5(14)9(10(15)16)13-19(17,18)6-2-3-7(11)8(12)4-6/h2-5,9,13-14H,1H3,(H,15,16). The van der Waals surface area contributed by atoms with Crippen LogP contribution in [0.25, 0.3) is 0 Å². The van der Waals surface area contributed by atoms with E-state index in [1.165, 1.54) is 0 Å². The largest absolute Gasteiger partial charge is 0.480 e. The van der Waals surface area contributed by atoms with Gasteiger partial charge in [-0.25, -0.2) is 17.2 Å². The van der Waals surface area contributed by atoms with Crippen LogP contribution >= 0.6 is 0 Å². The molecule has 19 heavy (non-hydrogen) atoms. The number of hydrogen-bond acceptors (Lipinski definition) is 4. The van der Waals surface area contributed by atoms with Crippen LogP contribution in [0.15, 0.2) is 23.1 Å². The Bertz CT molecular complexity index is 588. The zero-order valence-electron chi connectivity index (χ0n) is 9.67. The molecule has 6 nitrogen and oxygen atoms in total. The van der Waals surface area contributed by atoms with Crippen LogP contribution in [0, 0.1) is 11.6 Å². The van der Waals surface area contributed by atoms with Gasteiger partial charge in [-0.15, -0.1) is 0 Å². The van der Waals surface area contributed by atoms with Crippen molar-refractivity contribution >= 4 is 16.0 Å². The van der Waals surface area contributed by atoms with Crippen LogP contribution in [0.1, 0.15) is 6.92 Å². The molecule has 2 unspecified atom stereocenters. The van der Waals surface area contributed by atoms with Gasteiger partial charge < -0.3 is 10.2 Å². The summed E-state index contributed by atoms with van der Waals surface area (Å²) in [5, 5.41) is 17.9. The Kier molecular flexibility index (Phi) is 4.56. The fourth-order valence-electron chi connectivity index (χ4n) is 1.23. The molecule has 0 aliphatic carbocycles. The molecule has 0 saturated heterocycles. The molecule has 0 radical (unpaired) electrons. The maximum atomic E-state index is 12.9. The van der Waals surface area contributed by atoms with Gasteiger partial charge in [-0.2, -0.15) is 4.72 Å². The van der Waals surface area contributed by atoms with Crippen molar-refractivity contribution in [3.63, 3.8) is 0 Å². The van der Waals surface area contributed by atoms with E-state index in [1.807, 2.05) is 0 Å². The first kappa shape index (κ1) is 15.5. The lowest BCUT2D eigenvalue weighted by molar-refractivity contribution is -0.141. The minimum absolute atomic E-state index is 0.415. The van der Waals surface area contributed by atoms with Crippen molar-refractivity contribution in [2.45, 2.75) is 24.0 Å². The third kappa shape index (κ3) is 3.69. The Morgan fingerprint density at radius 1 is 1.32 bits per heavy atom. The van der Waals surface area contributed by atoms with Crippen molar-refractivity contribution < 1.29 is 32.2 Å². The van der Waals surface area contributed by atoms with Crippen molar-refractivity contribution in [2.24, 2.45) is 0 Å². The first-order valence-corrected chi connectivity index (χ1v) is 6.51. The van der Waals surface area contributed by atoms with Gasteiger partial charge in [-0.1, -0.05) is 0 Å². The fourth-order valence-corrected chi connectivity index (χ4v) is 2.51. The van der Waals surface area contributed by atoms with Gasteiger partial charge in [0.15, 0.2) is 11.6 Å². The molecule has 106 valence electrons. The highest BCUT2D eigenvalue weighted by molar-refractivity contribution is 7.89. The molecule has 0 amide bonds. The van der Waals surface area contributed by atoms with Crippen LogP contribution in [-0.2, 0) is 14.8 Å². The SMILES string of the molecule is CC(O)C(NS(=O)(=O)c1ccc(F)c(F)c1)C(=O)O. The molecule has 0 saturated carbocycles. The van der Waals surface area contributed by atoms with E-state index in [0.717, 1.165) is 13.0 Å². The molecule has 0 aromatic heterocycles. The molecule has 0 aliphatic heterocycles. The van der Waals surface area contributed by atoms with E-state index < -0.39 is 44.7 Å². The zero-order valence-corrected chi connectivity index (χ0v) is 10.5. The minimum atomic E-state index is -4.39. The Hall–Kier alpha value is -1.58. The predicted octanol–water partition coefficient (Wildman–Crippen LogP) is 0.0771. The molecular weight excluding hydrogens is 284 g/mol. The molecule has 2 atom stereocenters. The number of aliphatic carboxylic acids is 1. The highest BCUT2D eigenvalue weighted by Crippen LogP contribution is 2.14. The first-order valence-electron chi connectivity index (χ1n) is 5.03. The summed E-state index contributed by atoms with van der Waals surface area (Å²) in [7, 11) is -4.39. The summed E-state index contributed by atoms with van der Waals surface area (Å²) in [6.07, 6.45) is -1.50. The topological polar surface area (TPSA) is 104 Å². The molecule has 1 aromatic carbocycles. The van der Waals surface area contributed by atoms with Gasteiger partial charge in [-0.05, 0) is 25.1 Å². The first-order chi connectivity index (χ1) is 8.65. The van der Waals surface area contributed by atoms with Crippen molar-refractivity contribution in [3.05, 3.63) is 29.8 Å². The van der Waals surface area contributed by atoms with Gasteiger partial charge in [-0.3, -0.25) is 4.79 Å². The Balaban J connectivity index is 3.10. The average Bonchev–Trinajstić information content (AvgIpc) is 2.28. The van der Waals surface area contributed by atoms with E-state index in [1.54, 1.807) is 4.72 Å².